The van der Waals surface area contributed by atoms with Crippen molar-refractivity contribution < 1.29 is 4.52 Å². The van der Waals surface area contributed by atoms with Crippen molar-refractivity contribution >= 4 is 5.95 Å². The summed E-state index contributed by atoms with van der Waals surface area (Å²) in [6.07, 6.45) is 3.97. The fourth-order valence-electron chi connectivity index (χ4n) is 2.55. The third kappa shape index (κ3) is 2.60. The zero-order chi connectivity index (χ0) is 13.1. The number of piperidine rings is 1. The smallest absolute Gasteiger partial charge is 0.245 e. The summed E-state index contributed by atoms with van der Waals surface area (Å²) in [6.45, 7) is 3.05. The Labute approximate surface area is 111 Å². The molecule has 1 aliphatic heterocycles. The maximum Gasteiger partial charge on any atom is 0.245 e. The van der Waals surface area contributed by atoms with Crippen LogP contribution in [0.25, 0.3) is 11.5 Å². The van der Waals surface area contributed by atoms with Crippen molar-refractivity contribution in [3.05, 3.63) is 12.3 Å². The Kier molecular flexibility index (Phi) is 3.45. The van der Waals surface area contributed by atoms with E-state index in [1.807, 2.05) is 7.05 Å². The molecule has 1 fully saturated rings. The molecule has 0 spiro atoms. The Hall–Kier alpha value is -1.89. The van der Waals surface area contributed by atoms with E-state index in [1.165, 1.54) is 19.1 Å². The van der Waals surface area contributed by atoms with Gasteiger partial charge >= 0.3 is 0 Å². The number of hydrogen-bond acceptors (Lipinski definition) is 6. The number of nitrogens with zero attached hydrogens (tertiary/aromatic N) is 4. The Morgan fingerprint density at radius 1 is 1.58 bits per heavy atom. The van der Waals surface area contributed by atoms with Crippen molar-refractivity contribution in [1.29, 1.82) is 0 Å². The van der Waals surface area contributed by atoms with Crippen LogP contribution in [-0.4, -0.2) is 47.0 Å². The van der Waals surface area contributed by atoms with Crippen molar-refractivity contribution in [2.45, 2.75) is 12.8 Å². The summed E-state index contributed by atoms with van der Waals surface area (Å²) in [7, 11) is 1.99. The molecule has 2 aromatic heterocycles. The van der Waals surface area contributed by atoms with E-state index in [0.29, 0.717) is 17.4 Å². The van der Waals surface area contributed by atoms with Gasteiger partial charge in [0.25, 0.3) is 0 Å². The van der Waals surface area contributed by atoms with Gasteiger partial charge < -0.3 is 14.7 Å². The van der Waals surface area contributed by atoms with E-state index in [0.717, 1.165) is 25.6 Å². The predicted octanol–water partition coefficient (Wildman–Crippen LogP) is 0.895. The molecule has 0 bridgehead atoms. The molecule has 0 radical (unpaired) electrons. The average Bonchev–Trinajstić information content (AvgIpc) is 3.11. The lowest BCUT2D eigenvalue weighted by molar-refractivity contribution is 0.399. The number of aromatic nitrogens is 4. The van der Waals surface area contributed by atoms with Crippen molar-refractivity contribution in [2.24, 2.45) is 5.92 Å². The van der Waals surface area contributed by atoms with Gasteiger partial charge in [-0.05, 0) is 32.4 Å². The van der Waals surface area contributed by atoms with Gasteiger partial charge in [-0.15, -0.1) is 5.10 Å². The predicted molar refractivity (Wildman–Crippen MR) is 70.7 cm³/mol. The molecule has 1 unspecified atom stereocenters. The molecule has 19 heavy (non-hydrogen) atoms. The number of nitrogens with one attached hydrogen (secondary N) is 2. The van der Waals surface area contributed by atoms with Crippen LogP contribution in [0.3, 0.4) is 0 Å². The first-order chi connectivity index (χ1) is 9.36. The molecule has 0 aliphatic carbocycles. The molecule has 1 saturated heterocycles. The van der Waals surface area contributed by atoms with Crippen LogP contribution in [0.15, 0.2) is 16.9 Å². The van der Waals surface area contributed by atoms with Crippen LogP contribution in [0.4, 0.5) is 5.95 Å². The highest BCUT2D eigenvalue weighted by atomic mass is 16.5. The quantitative estimate of drug-likeness (QED) is 0.851. The van der Waals surface area contributed by atoms with E-state index < -0.39 is 0 Å². The number of hydrogen-bond donors (Lipinski definition) is 2. The minimum Gasteiger partial charge on any atom is -0.364 e. The Morgan fingerprint density at radius 3 is 3.32 bits per heavy atom. The third-order valence-corrected chi connectivity index (χ3v) is 3.45. The van der Waals surface area contributed by atoms with E-state index >= 15 is 0 Å². The largest absolute Gasteiger partial charge is 0.364 e. The molecule has 1 atom stereocenters. The first-order valence-electron chi connectivity index (χ1n) is 6.59. The highest BCUT2D eigenvalue weighted by Crippen LogP contribution is 2.21. The van der Waals surface area contributed by atoms with E-state index in [4.69, 9.17) is 4.52 Å². The molecule has 2 N–H and O–H groups in total. The van der Waals surface area contributed by atoms with Crippen LogP contribution in [0, 0.1) is 5.92 Å². The van der Waals surface area contributed by atoms with Gasteiger partial charge in [-0.25, -0.2) is 0 Å². The van der Waals surface area contributed by atoms with E-state index in [-0.39, 0.29) is 0 Å². The highest BCUT2D eigenvalue weighted by Gasteiger charge is 2.22. The summed E-state index contributed by atoms with van der Waals surface area (Å²) in [6, 6.07) is 1.77. The Balaban J connectivity index is 1.72. The van der Waals surface area contributed by atoms with Crippen LogP contribution in [0.2, 0.25) is 0 Å². The maximum absolute atomic E-state index is 4.81. The minimum atomic E-state index is 0.652. The first kappa shape index (κ1) is 12.2. The lowest BCUT2D eigenvalue weighted by Crippen LogP contribution is -2.39. The third-order valence-electron chi connectivity index (χ3n) is 3.45. The van der Waals surface area contributed by atoms with Crippen molar-refractivity contribution in [1.82, 2.24) is 25.7 Å². The van der Waals surface area contributed by atoms with Crippen LogP contribution >= 0.6 is 0 Å². The fraction of sp³-hybridized carbons (Fsp3) is 0.583. The molecular weight excluding hydrogens is 244 g/mol. The lowest BCUT2D eigenvalue weighted by atomic mass is 9.98. The molecule has 102 valence electrons. The Bertz CT molecular complexity index is 506. The first-order valence-corrected chi connectivity index (χ1v) is 6.59. The second kappa shape index (κ2) is 5.40. The van der Waals surface area contributed by atoms with E-state index in [9.17, 15) is 0 Å². The van der Waals surface area contributed by atoms with Crippen LogP contribution in [-0.2, 0) is 0 Å². The second-order valence-electron chi connectivity index (χ2n) is 4.88. The average molecular weight is 262 g/mol. The molecule has 0 amide bonds. The summed E-state index contributed by atoms with van der Waals surface area (Å²) in [5.74, 6) is 2.06. The fourth-order valence-corrected chi connectivity index (χ4v) is 2.55. The molecule has 0 aromatic carbocycles. The summed E-state index contributed by atoms with van der Waals surface area (Å²) in [5, 5.41) is 14.3. The monoisotopic (exact) mass is 262 g/mol. The number of anilines is 1. The van der Waals surface area contributed by atoms with Crippen molar-refractivity contribution in [2.75, 3.05) is 31.6 Å². The Morgan fingerprint density at radius 2 is 2.53 bits per heavy atom. The SMILES string of the molecule is CNCC1CCCN(c2n[nH]c(-c3ccon3)n2)C1. The number of rotatable bonds is 4. The number of aromatic amines is 1. The minimum absolute atomic E-state index is 0.652. The van der Waals surface area contributed by atoms with Gasteiger partial charge in [0.1, 0.15) is 6.26 Å². The second-order valence-corrected chi connectivity index (χ2v) is 4.88. The number of H-pyrrole nitrogens is 1. The summed E-state index contributed by atoms with van der Waals surface area (Å²) >= 11 is 0. The van der Waals surface area contributed by atoms with Gasteiger partial charge in [-0.1, -0.05) is 5.16 Å². The molecule has 0 saturated carbocycles. The molecule has 7 nitrogen and oxygen atoms in total. The molecule has 1 aliphatic rings. The normalized spacial score (nSPS) is 19.8. The van der Waals surface area contributed by atoms with Gasteiger partial charge in [0, 0.05) is 19.2 Å². The van der Waals surface area contributed by atoms with Gasteiger partial charge in [-0.2, -0.15) is 4.98 Å². The molecule has 3 heterocycles. The zero-order valence-corrected chi connectivity index (χ0v) is 11.0. The standard InChI is InChI=1S/C12H18N6O/c1-13-7-9-3-2-5-18(8-9)12-14-11(15-16-12)10-4-6-19-17-10/h4,6,9,13H,2-3,5,7-8H2,1H3,(H,14,15,16). The summed E-state index contributed by atoms with van der Waals surface area (Å²) in [5.41, 5.74) is 0.683. The van der Waals surface area contributed by atoms with E-state index in [2.05, 4.69) is 30.6 Å². The van der Waals surface area contributed by atoms with Crippen LogP contribution in [0.5, 0.6) is 0 Å². The van der Waals surface area contributed by atoms with Crippen LogP contribution in [0.1, 0.15) is 12.8 Å². The van der Waals surface area contributed by atoms with Gasteiger partial charge in [0.2, 0.25) is 5.95 Å². The molecular formula is C12H18N6O. The van der Waals surface area contributed by atoms with Gasteiger partial charge in [0.15, 0.2) is 11.5 Å². The highest BCUT2D eigenvalue weighted by molar-refractivity contribution is 5.49. The van der Waals surface area contributed by atoms with Gasteiger partial charge in [0.05, 0.1) is 0 Å². The van der Waals surface area contributed by atoms with Crippen LogP contribution < -0.4 is 10.2 Å². The lowest BCUT2D eigenvalue weighted by Gasteiger charge is -2.31. The summed E-state index contributed by atoms with van der Waals surface area (Å²) in [4.78, 5) is 6.72. The molecule has 3 rings (SSSR count). The van der Waals surface area contributed by atoms with Gasteiger partial charge in [-0.3, -0.25) is 5.10 Å². The maximum atomic E-state index is 4.81. The van der Waals surface area contributed by atoms with E-state index in [1.54, 1.807) is 6.07 Å². The molecule has 7 heteroatoms. The zero-order valence-electron chi connectivity index (χ0n) is 11.0. The van der Waals surface area contributed by atoms with Crippen molar-refractivity contribution in [3.8, 4) is 11.5 Å². The molecule has 2 aromatic rings. The topological polar surface area (TPSA) is 82.9 Å². The summed E-state index contributed by atoms with van der Waals surface area (Å²) < 4.78 is 4.81. The van der Waals surface area contributed by atoms with Crippen molar-refractivity contribution in [3.63, 3.8) is 0 Å².